The van der Waals surface area contributed by atoms with E-state index in [0.29, 0.717) is 23.7 Å². The van der Waals surface area contributed by atoms with Gasteiger partial charge < -0.3 is 0 Å². The lowest BCUT2D eigenvalue weighted by Crippen LogP contribution is -2.14. The van der Waals surface area contributed by atoms with Crippen LogP contribution in [0.5, 0.6) is 0 Å². The number of fused-ring (bicyclic) bond motifs is 4. The summed E-state index contributed by atoms with van der Waals surface area (Å²) in [4.78, 5) is 9.94. The molecular weight excluding hydrogens is 364 g/mol. The third kappa shape index (κ3) is 2.69. The third-order valence-electron chi connectivity index (χ3n) is 7.63. The maximum atomic E-state index is 4.98. The Morgan fingerprint density at radius 2 is 1.67 bits per heavy atom. The second-order valence-corrected chi connectivity index (χ2v) is 10.2. The Morgan fingerprint density at radius 1 is 0.900 bits per heavy atom. The molecule has 0 fully saturated rings. The number of allylic oxidation sites excluding steroid dienone is 8. The first-order valence-corrected chi connectivity index (χ1v) is 11.6. The third-order valence-corrected chi connectivity index (χ3v) is 7.63. The molecule has 5 aliphatic rings. The minimum atomic E-state index is 0.548. The molecule has 2 heteroatoms. The van der Waals surface area contributed by atoms with Gasteiger partial charge in [-0.1, -0.05) is 64.1 Å². The van der Waals surface area contributed by atoms with Crippen molar-refractivity contribution in [3.05, 3.63) is 70.1 Å². The largest absolute Gasteiger partial charge is 0.262 e. The molecule has 2 heterocycles. The van der Waals surface area contributed by atoms with E-state index in [-0.39, 0.29) is 0 Å². The Balaban J connectivity index is 1.23. The summed E-state index contributed by atoms with van der Waals surface area (Å²) in [5.41, 5.74) is 14.1. The summed E-state index contributed by atoms with van der Waals surface area (Å²) < 4.78 is 0. The fourth-order valence-electron chi connectivity index (χ4n) is 5.81. The van der Waals surface area contributed by atoms with Crippen molar-refractivity contribution in [2.45, 2.75) is 53.4 Å². The number of nitrogens with zero attached hydrogens (tertiary/aromatic N) is 2. The van der Waals surface area contributed by atoms with Gasteiger partial charge in [-0.25, -0.2) is 0 Å². The molecule has 0 saturated carbocycles. The average Bonchev–Trinajstić information content (AvgIpc) is 3.44. The Bertz CT molecular complexity index is 1150. The van der Waals surface area contributed by atoms with Crippen LogP contribution in [0.1, 0.15) is 63.6 Å². The van der Waals surface area contributed by atoms with E-state index in [1.165, 1.54) is 50.7 Å². The first-order valence-electron chi connectivity index (χ1n) is 11.6. The van der Waals surface area contributed by atoms with Crippen molar-refractivity contribution < 1.29 is 0 Å². The topological polar surface area (TPSA) is 24.7 Å². The Labute approximate surface area is 179 Å². The van der Waals surface area contributed by atoms with Gasteiger partial charge in [-0.15, -0.1) is 0 Å². The van der Waals surface area contributed by atoms with Gasteiger partial charge in [-0.2, -0.15) is 0 Å². The average molecular weight is 395 g/mol. The van der Waals surface area contributed by atoms with Gasteiger partial charge in [0.05, 0.1) is 0 Å². The lowest BCUT2D eigenvalue weighted by molar-refractivity contribution is 0.568. The van der Waals surface area contributed by atoms with Crippen molar-refractivity contribution in [1.29, 1.82) is 0 Å². The molecule has 1 aromatic carbocycles. The first kappa shape index (κ1) is 18.3. The number of hydrogen-bond acceptors (Lipinski definition) is 2. The van der Waals surface area contributed by atoms with Crippen LogP contribution in [-0.4, -0.2) is 11.4 Å². The second kappa shape index (κ2) is 6.51. The van der Waals surface area contributed by atoms with E-state index in [1.54, 1.807) is 5.57 Å². The van der Waals surface area contributed by atoms with Crippen LogP contribution in [0.4, 0.5) is 0 Å². The van der Waals surface area contributed by atoms with E-state index in [9.17, 15) is 0 Å². The molecule has 0 amide bonds. The van der Waals surface area contributed by atoms with Crippen LogP contribution in [0.3, 0.4) is 0 Å². The highest BCUT2D eigenvalue weighted by molar-refractivity contribution is 6.02. The summed E-state index contributed by atoms with van der Waals surface area (Å²) in [7, 11) is 0. The van der Waals surface area contributed by atoms with E-state index in [1.807, 2.05) is 0 Å². The molecule has 0 radical (unpaired) electrons. The van der Waals surface area contributed by atoms with Crippen molar-refractivity contribution in [3.8, 4) is 0 Å². The van der Waals surface area contributed by atoms with Gasteiger partial charge in [0.15, 0.2) is 0 Å². The van der Waals surface area contributed by atoms with Crippen LogP contribution in [0.15, 0.2) is 63.4 Å². The van der Waals surface area contributed by atoms with Gasteiger partial charge in [0.25, 0.3) is 0 Å². The van der Waals surface area contributed by atoms with Crippen LogP contribution < -0.4 is 0 Å². The lowest BCUT2D eigenvalue weighted by Gasteiger charge is -2.23. The molecule has 2 aliphatic heterocycles. The summed E-state index contributed by atoms with van der Waals surface area (Å²) in [6.45, 7) is 9.03. The second-order valence-electron chi connectivity index (χ2n) is 10.2. The maximum absolute atomic E-state index is 4.98. The molecule has 30 heavy (non-hydrogen) atoms. The van der Waals surface area contributed by atoms with E-state index >= 15 is 0 Å². The maximum Gasteiger partial charge on any atom is 0.0489 e. The summed E-state index contributed by atoms with van der Waals surface area (Å²) in [5, 5.41) is 0. The summed E-state index contributed by atoms with van der Waals surface area (Å²) in [6.07, 6.45) is 11.6. The highest BCUT2D eigenvalue weighted by Crippen LogP contribution is 2.48. The highest BCUT2D eigenvalue weighted by Gasteiger charge is 2.37. The van der Waals surface area contributed by atoms with E-state index < -0.39 is 0 Å². The molecule has 2 unspecified atom stereocenters. The lowest BCUT2D eigenvalue weighted by atomic mass is 9.81. The number of rotatable bonds is 3. The molecule has 0 saturated heterocycles. The first-order chi connectivity index (χ1) is 14.5. The van der Waals surface area contributed by atoms with E-state index in [2.05, 4.69) is 64.1 Å². The van der Waals surface area contributed by atoms with Gasteiger partial charge in [-0.3, -0.25) is 9.98 Å². The quantitative estimate of drug-likeness (QED) is 0.539. The predicted octanol–water partition coefficient (Wildman–Crippen LogP) is 6.80. The SMILES string of the molecule is CC(C)C1=NC2=C(C1)c1ccc(C3=CC4CC5=C(CC(C(C)C)=N5)C4C=C3)cc1C2. The molecule has 6 rings (SSSR count). The minimum absolute atomic E-state index is 0.548. The van der Waals surface area contributed by atoms with Gasteiger partial charge in [-0.05, 0) is 57.6 Å². The molecule has 0 aromatic heterocycles. The molecule has 0 N–H and O–H groups in total. The molecule has 2 atom stereocenters. The van der Waals surface area contributed by atoms with Crippen molar-refractivity contribution in [1.82, 2.24) is 0 Å². The normalized spacial score (nSPS) is 26.3. The molecular formula is C28H30N2. The van der Waals surface area contributed by atoms with Gasteiger partial charge in [0.1, 0.15) is 0 Å². The zero-order valence-corrected chi connectivity index (χ0v) is 18.5. The van der Waals surface area contributed by atoms with Crippen molar-refractivity contribution in [2.24, 2.45) is 33.7 Å². The monoisotopic (exact) mass is 394 g/mol. The standard InChI is InChI=1S/C28H30N2/c1-15(2)25-13-23-21-7-5-17(9-19(21)11-27(23)29-25)18-6-8-22-20(10-18)12-28-24(22)14-26(30-28)16(3)4/h5-10,15-16,19,21H,11-14H2,1-4H3. The number of aliphatic imine (C=N–C) groups is 2. The molecule has 2 nitrogen and oxygen atoms in total. The summed E-state index contributed by atoms with van der Waals surface area (Å²) in [5.74, 6) is 2.26. The van der Waals surface area contributed by atoms with E-state index in [4.69, 9.17) is 9.98 Å². The van der Waals surface area contributed by atoms with E-state index in [0.717, 1.165) is 25.7 Å². The molecule has 3 aliphatic carbocycles. The van der Waals surface area contributed by atoms with Crippen molar-refractivity contribution >= 4 is 22.6 Å². The van der Waals surface area contributed by atoms with Gasteiger partial charge >= 0.3 is 0 Å². The van der Waals surface area contributed by atoms with Crippen LogP contribution in [0.2, 0.25) is 0 Å². The number of hydrogen-bond donors (Lipinski definition) is 0. The van der Waals surface area contributed by atoms with Crippen LogP contribution in [0.25, 0.3) is 11.1 Å². The summed E-state index contributed by atoms with van der Waals surface area (Å²) >= 11 is 0. The van der Waals surface area contributed by atoms with Crippen LogP contribution >= 0.6 is 0 Å². The molecule has 1 aromatic rings. The van der Waals surface area contributed by atoms with Gasteiger partial charge in [0.2, 0.25) is 0 Å². The number of benzene rings is 1. The zero-order valence-electron chi connectivity index (χ0n) is 18.5. The summed E-state index contributed by atoms with van der Waals surface area (Å²) in [6, 6.07) is 7.09. The van der Waals surface area contributed by atoms with Crippen LogP contribution in [-0.2, 0) is 6.42 Å². The van der Waals surface area contributed by atoms with Crippen LogP contribution in [0, 0.1) is 23.7 Å². The molecule has 0 bridgehead atoms. The Kier molecular flexibility index (Phi) is 3.97. The highest BCUT2D eigenvalue weighted by atomic mass is 14.8. The molecule has 0 spiro atoms. The van der Waals surface area contributed by atoms with Crippen molar-refractivity contribution in [3.63, 3.8) is 0 Å². The Hall–Kier alpha value is -2.48. The molecule has 152 valence electrons. The fourth-order valence-corrected chi connectivity index (χ4v) is 5.81. The van der Waals surface area contributed by atoms with Crippen molar-refractivity contribution in [2.75, 3.05) is 0 Å². The smallest absolute Gasteiger partial charge is 0.0489 e. The fraction of sp³-hybridized carbons (Fsp3) is 0.429. The minimum Gasteiger partial charge on any atom is -0.262 e. The zero-order chi connectivity index (χ0) is 20.6. The Morgan fingerprint density at radius 3 is 2.47 bits per heavy atom. The predicted molar refractivity (Wildman–Crippen MR) is 127 cm³/mol. The van der Waals surface area contributed by atoms with Gasteiger partial charge in [0, 0.05) is 48.0 Å².